The summed E-state index contributed by atoms with van der Waals surface area (Å²) < 4.78 is 243. The number of aromatic nitrogens is 8. The molecule has 0 radical (unpaired) electrons. The van der Waals surface area contributed by atoms with Gasteiger partial charge in [0, 0.05) is 144 Å². The minimum Gasteiger partial charge on any atom is -0.383 e. The van der Waals surface area contributed by atoms with Gasteiger partial charge in [0.15, 0.2) is 0 Å². The van der Waals surface area contributed by atoms with Gasteiger partial charge in [0.1, 0.15) is 17.5 Å². The summed E-state index contributed by atoms with van der Waals surface area (Å²) >= 11 is 17.2. The van der Waals surface area contributed by atoms with Gasteiger partial charge in [-0.3, -0.25) is 25.3 Å². The fourth-order valence-corrected chi connectivity index (χ4v) is 14.4. The molecule has 2 aliphatic heterocycles. The van der Waals surface area contributed by atoms with Crippen LogP contribution in [0.4, 0.5) is 107 Å². The highest BCUT2D eigenvalue weighted by Crippen LogP contribution is 2.46. The molecule has 6 heterocycles. The number of nitrogens with one attached hydrogen (secondary N) is 10. The number of hydrogen-bond acceptors (Lipinski definition) is 11. The molecule has 2 amide bonds. The van der Waals surface area contributed by atoms with Crippen molar-refractivity contribution in [2.75, 3.05) is 92.8 Å². The predicted molar refractivity (Wildman–Crippen MR) is 442 cm³/mol. The van der Waals surface area contributed by atoms with E-state index >= 15 is 0 Å². The number of amides is 2. The average Bonchev–Trinajstić information content (AvgIpc) is 1.55. The van der Waals surface area contributed by atoms with Gasteiger partial charge in [-0.15, -0.1) is 0 Å². The van der Waals surface area contributed by atoms with Gasteiger partial charge in [-0.1, -0.05) is 78.1 Å². The lowest BCUT2D eigenvalue weighted by molar-refractivity contribution is -0.138. The Morgan fingerprint density at radius 3 is 1.27 bits per heavy atom. The molecule has 0 aliphatic carbocycles. The first kappa shape index (κ1) is 91.2. The van der Waals surface area contributed by atoms with Crippen LogP contribution in [0.1, 0.15) is 41.2 Å². The molecule has 38 heteroatoms. The summed E-state index contributed by atoms with van der Waals surface area (Å²) in [6.07, 6.45) is -16.3. The molecule has 13 aromatic rings. The molecule has 2 saturated heterocycles. The number of benzene rings is 9. The molecule has 17 nitrogen and oxygen atoms in total. The van der Waals surface area contributed by atoms with Crippen molar-refractivity contribution < 1.29 is 83.8 Å². The number of anilines is 4. The van der Waals surface area contributed by atoms with Crippen molar-refractivity contribution in [3.05, 3.63) is 273 Å². The van der Waals surface area contributed by atoms with Crippen molar-refractivity contribution in [2.24, 2.45) is 0 Å². The van der Waals surface area contributed by atoms with Gasteiger partial charge in [-0.25, -0.2) is 18.0 Å². The molecule has 124 heavy (non-hydrogen) atoms. The third-order valence-electron chi connectivity index (χ3n) is 19.8. The zero-order chi connectivity index (χ0) is 88.8. The molecule has 1 unspecified atom stereocenters. The van der Waals surface area contributed by atoms with E-state index in [4.69, 9.17) is 34.8 Å². The van der Waals surface area contributed by atoms with E-state index in [0.29, 0.717) is 116 Å². The number of likely N-dealkylation sites (N-methyl/N-ethyl adjacent to an activating group) is 1. The zero-order valence-electron chi connectivity index (χ0n) is 64.8. The minimum absolute atomic E-state index is 0.0539. The highest BCUT2D eigenvalue weighted by atomic mass is 35.5. The molecule has 2 fully saturated rings. The van der Waals surface area contributed by atoms with E-state index in [1.807, 2.05) is 6.92 Å². The normalized spacial score (nSPS) is 13.9. The van der Waals surface area contributed by atoms with Crippen LogP contribution in [0.2, 0.25) is 15.1 Å². The van der Waals surface area contributed by atoms with E-state index in [2.05, 4.69) is 77.6 Å². The molecule has 15 rings (SSSR count). The first-order valence-electron chi connectivity index (χ1n) is 38.0. The molecule has 2 aliphatic rings. The largest absolute Gasteiger partial charge is 0.418 e. The fraction of sp³-hybridized carbons (Fsp3) is 0.221. The molecule has 0 saturated carbocycles. The SMILES string of the molecule is CCNC1CCN(c2ccc(-c3cn[nH]c3-c3ccc(F)cc3)cc2C(F)(F)F)C1.FC(F)(F)c1cc(-c2cn[nH]c2-c2cccc(Cl)c2)ccc1Cl.Fc1ccc(-c2[nH]ncc2-c2ccc(NCCN3CCNCC3)c(C(F)(F)F)c2)cc1.O=C(NCCNc1ccc(-c2cn[nH]c2-c2ccc(F)cc2)cc1C(F)(F)F)Nc1ccc(Cl)c(C(F)(F)F)c1. The Bertz CT molecular complexity index is 5770. The smallest absolute Gasteiger partial charge is 0.383 e. The lowest BCUT2D eigenvalue weighted by Crippen LogP contribution is -2.45. The molecule has 9 aromatic carbocycles. The number of alkyl halides is 15. The molecule has 1 atom stereocenters. The van der Waals surface area contributed by atoms with Crippen molar-refractivity contribution in [2.45, 2.75) is 50.3 Å². The number of carbonyl (C=O) groups is 1. The second kappa shape index (κ2) is 39.7. The third kappa shape index (κ3) is 23.5. The van der Waals surface area contributed by atoms with Gasteiger partial charge in [-0.2, -0.15) is 86.3 Å². The maximum Gasteiger partial charge on any atom is 0.418 e. The molecule has 0 bridgehead atoms. The predicted octanol–water partition coefficient (Wildman–Crippen LogP) is 23.2. The van der Waals surface area contributed by atoms with Crippen LogP contribution in [0, 0.1) is 17.5 Å². The number of carbonyl (C=O) groups excluding carboxylic acids is 1. The van der Waals surface area contributed by atoms with Crippen LogP contribution in [0.25, 0.3) is 89.5 Å². The first-order valence-corrected chi connectivity index (χ1v) is 39.1. The Balaban J connectivity index is 0.000000153. The van der Waals surface area contributed by atoms with Gasteiger partial charge in [0.2, 0.25) is 0 Å². The Morgan fingerprint density at radius 1 is 0.427 bits per heavy atom. The van der Waals surface area contributed by atoms with Crippen LogP contribution in [0.15, 0.2) is 213 Å². The second-order valence-corrected chi connectivity index (χ2v) is 29.4. The standard InChI is InChI=1S/C26H19ClF7N5O.C22H23F4N5.C22H22F4N4.C16H9Cl2F3N2/c27-21-7-6-17(12-19(21)25(29,30)31)38-24(40)36-10-9-35-22-8-3-15(11-20(22)26(32,33)34)18-13-37-39-23(18)14-1-4-16(28)5-2-14;23-17-4-1-15(2-5-17)21-18(14-29-30-21)16-3-6-20(19(13-16)22(24,25)26)28-9-12-31-10-7-27-8-11-31;1-2-27-17-9-10-30(13-17)20-8-5-15(11-19(20)22(24,25)26)18-12-28-29-21(18)14-3-6-16(23)7-4-14;17-11-3-1-2-10(6-11)15-12(8-22-23-15)9-4-5-14(18)13(7-9)16(19,20)21/h1-8,11-13,35H,9-10H2,(H,37,39)(H2,36,38,40);1-6,13-14,27-28H,7-12H2,(H,29,30);3-8,11-12,17,27H,2,9-10,13H2,1H3,(H,28,29);1-8H,(H,22,23). The molecular formula is C86H73Cl3F18N16O. The average molecular weight is 1790 g/mol. The summed E-state index contributed by atoms with van der Waals surface area (Å²) in [6.45, 7) is 8.28. The highest BCUT2D eigenvalue weighted by molar-refractivity contribution is 6.32. The van der Waals surface area contributed by atoms with Crippen LogP contribution in [0.3, 0.4) is 0 Å². The van der Waals surface area contributed by atoms with Crippen LogP contribution in [0.5, 0.6) is 0 Å². The van der Waals surface area contributed by atoms with Crippen molar-refractivity contribution in [3.8, 4) is 89.5 Å². The van der Waals surface area contributed by atoms with E-state index in [1.165, 1.54) is 122 Å². The Kier molecular flexibility index (Phi) is 29.2. The topological polar surface area (TPSA) is 210 Å². The Labute approximate surface area is 711 Å². The van der Waals surface area contributed by atoms with E-state index < -0.39 is 75.6 Å². The lowest BCUT2D eigenvalue weighted by atomic mass is 9.98. The number of aromatic amines is 4. The van der Waals surface area contributed by atoms with Gasteiger partial charge in [-0.05, 0) is 187 Å². The molecular weight excluding hydrogens is 1720 g/mol. The van der Waals surface area contributed by atoms with Crippen LogP contribution in [-0.2, 0) is 30.9 Å². The van der Waals surface area contributed by atoms with E-state index in [0.717, 1.165) is 69.0 Å². The first-order chi connectivity index (χ1) is 59.0. The van der Waals surface area contributed by atoms with Crippen molar-refractivity contribution in [1.82, 2.24) is 61.6 Å². The van der Waals surface area contributed by atoms with Crippen LogP contribution < -0.4 is 36.8 Å². The number of hydrogen-bond donors (Lipinski definition) is 10. The Morgan fingerprint density at radius 2 is 0.823 bits per heavy atom. The molecule has 0 spiro atoms. The molecule has 10 N–H and O–H groups in total. The number of rotatable bonds is 20. The number of nitrogens with zero attached hydrogens (tertiary/aromatic N) is 6. The third-order valence-corrected chi connectivity index (χ3v) is 20.7. The second-order valence-electron chi connectivity index (χ2n) is 28.1. The summed E-state index contributed by atoms with van der Waals surface area (Å²) in [5.41, 5.74) is 3.41. The number of piperazine rings is 1. The van der Waals surface area contributed by atoms with Gasteiger partial charge in [0.05, 0.1) is 85.4 Å². The Hall–Kier alpha value is -12.0. The molecule has 650 valence electrons. The minimum atomic E-state index is -4.73. The summed E-state index contributed by atoms with van der Waals surface area (Å²) in [7, 11) is 0. The maximum absolute atomic E-state index is 13.9. The van der Waals surface area contributed by atoms with Gasteiger partial charge < -0.3 is 36.8 Å². The van der Waals surface area contributed by atoms with Gasteiger partial charge in [0.25, 0.3) is 0 Å². The number of H-pyrrole nitrogens is 4. The molecule has 4 aromatic heterocycles. The van der Waals surface area contributed by atoms with E-state index in [-0.39, 0.29) is 64.1 Å². The fourth-order valence-electron chi connectivity index (χ4n) is 13.8. The van der Waals surface area contributed by atoms with E-state index in [1.54, 1.807) is 65.6 Å². The van der Waals surface area contributed by atoms with Crippen LogP contribution in [-0.4, -0.2) is 130 Å². The maximum atomic E-state index is 13.9. The summed E-state index contributed by atoms with van der Waals surface area (Å²) in [6, 6.07) is 42.0. The number of halogens is 21. The lowest BCUT2D eigenvalue weighted by Gasteiger charge is -2.27. The van der Waals surface area contributed by atoms with Crippen molar-refractivity contribution in [3.63, 3.8) is 0 Å². The summed E-state index contributed by atoms with van der Waals surface area (Å²) in [4.78, 5) is 16.1. The monoisotopic (exact) mass is 1790 g/mol. The quantitative estimate of drug-likeness (QED) is 0.0256. The zero-order valence-corrected chi connectivity index (χ0v) is 67.1. The summed E-state index contributed by atoms with van der Waals surface area (Å²) in [5, 5.41) is 43.3. The summed E-state index contributed by atoms with van der Waals surface area (Å²) in [5.74, 6) is -1.24. The highest BCUT2D eigenvalue weighted by Gasteiger charge is 2.40. The van der Waals surface area contributed by atoms with Crippen molar-refractivity contribution >= 4 is 63.6 Å². The van der Waals surface area contributed by atoms with Gasteiger partial charge >= 0.3 is 36.9 Å². The van der Waals surface area contributed by atoms with E-state index in [9.17, 15) is 83.8 Å². The van der Waals surface area contributed by atoms with Crippen LogP contribution >= 0.6 is 34.8 Å². The van der Waals surface area contributed by atoms with Crippen molar-refractivity contribution in [1.29, 1.82) is 0 Å². The number of urea groups is 1.